The highest BCUT2D eigenvalue weighted by Crippen LogP contribution is 2.19. The Bertz CT molecular complexity index is 1060. The van der Waals surface area contributed by atoms with Crippen LogP contribution in [0, 0.1) is 12.7 Å². The van der Waals surface area contributed by atoms with Crippen LogP contribution in [-0.4, -0.2) is 35.1 Å². The second kappa shape index (κ2) is 12.9. The van der Waals surface area contributed by atoms with Crippen LogP contribution >= 0.6 is 11.8 Å². The summed E-state index contributed by atoms with van der Waals surface area (Å²) in [6.07, 6.45) is 0.437. The average molecular weight is 479 g/mol. The average Bonchev–Trinajstić information content (AvgIpc) is 2.84. The predicted molar refractivity (Wildman–Crippen MR) is 137 cm³/mol. The Morgan fingerprint density at radius 1 is 0.912 bits per heavy atom. The maximum atomic E-state index is 13.5. The molecule has 0 aliphatic heterocycles. The van der Waals surface area contributed by atoms with Crippen molar-refractivity contribution in [3.8, 4) is 0 Å². The van der Waals surface area contributed by atoms with Crippen LogP contribution in [0.2, 0.25) is 0 Å². The van der Waals surface area contributed by atoms with E-state index in [1.165, 1.54) is 23.9 Å². The van der Waals surface area contributed by atoms with E-state index in [4.69, 9.17) is 0 Å². The zero-order valence-electron chi connectivity index (χ0n) is 19.7. The highest BCUT2D eigenvalue weighted by atomic mass is 32.2. The van der Waals surface area contributed by atoms with Crippen molar-refractivity contribution in [1.82, 2.24) is 10.2 Å². The normalized spacial score (nSPS) is 11.6. The zero-order valence-corrected chi connectivity index (χ0v) is 20.5. The molecule has 0 fully saturated rings. The van der Waals surface area contributed by atoms with E-state index in [-0.39, 0.29) is 23.4 Å². The molecular weight excluding hydrogens is 447 g/mol. The van der Waals surface area contributed by atoms with Crippen molar-refractivity contribution in [3.05, 3.63) is 107 Å². The highest BCUT2D eigenvalue weighted by molar-refractivity contribution is 7.99. The van der Waals surface area contributed by atoms with Crippen molar-refractivity contribution in [1.29, 1.82) is 0 Å². The monoisotopic (exact) mass is 478 g/mol. The Kier molecular flexibility index (Phi) is 9.71. The molecule has 34 heavy (non-hydrogen) atoms. The molecule has 1 N–H and O–H groups in total. The summed E-state index contributed by atoms with van der Waals surface area (Å²) in [5.41, 5.74) is 4.07. The van der Waals surface area contributed by atoms with E-state index in [9.17, 15) is 14.0 Å². The topological polar surface area (TPSA) is 49.4 Å². The van der Waals surface area contributed by atoms with Crippen LogP contribution in [0.3, 0.4) is 0 Å². The second-order valence-electron chi connectivity index (χ2n) is 8.23. The Labute approximate surface area is 205 Å². The van der Waals surface area contributed by atoms with Crippen LogP contribution < -0.4 is 5.32 Å². The second-order valence-corrected chi connectivity index (χ2v) is 9.21. The molecule has 3 aromatic carbocycles. The van der Waals surface area contributed by atoms with Crippen LogP contribution in [0.1, 0.15) is 29.2 Å². The van der Waals surface area contributed by atoms with Crippen LogP contribution in [-0.2, 0) is 28.3 Å². The molecule has 6 heteroatoms. The minimum Gasteiger partial charge on any atom is -0.355 e. The lowest BCUT2D eigenvalue weighted by atomic mass is 10.0. The molecule has 178 valence electrons. The van der Waals surface area contributed by atoms with Crippen LogP contribution in [0.5, 0.6) is 0 Å². The van der Waals surface area contributed by atoms with E-state index < -0.39 is 6.04 Å². The zero-order chi connectivity index (χ0) is 24.3. The number of carbonyl (C=O) groups excluding carboxylic acids is 2. The number of nitrogens with zero attached hydrogens (tertiary/aromatic N) is 1. The van der Waals surface area contributed by atoms with E-state index in [1.54, 1.807) is 17.0 Å². The number of carbonyl (C=O) groups is 2. The van der Waals surface area contributed by atoms with E-state index in [2.05, 4.69) is 5.32 Å². The van der Waals surface area contributed by atoms with Gasteiger partial charge < -0.3 is 10.2 Å². The summed E-state index contributed by atoms with van der Waals surface area (Å²) >= 11 is 1.47. The quantitative estimate of drug-likeness (QED) is 0.415. The van der Waals surface area contributed by atoms with Gasteiger partial charge in [-0.15, -0.1) is 11.8 Å². The molecular formula is C28H31FN2O2S. The largest absolute Gasteiger partial charge is 0.355 e. The molecule has 0 aliphatic carbocycles. The fourth-order valence-electron chi connectivity index (χ4n) is 3.66. The minimum absolute atomic E-state index is 0.0973. The van der Waals surface area contributed by atoms with Crippen molar-refractivity contribution in [3.63, 3.8) is 0 Å². The standard InChI is InChI=1S/C28H31FN2O2S/c1-3-30-28(33)26(17-22-7-5-4-6-8-22)31(18-23-11-9-21(2)10-12-23)27(32)20-34-19-24-13-15-25(29)16-14-24/h4-16,26H,3,17-20H2,1-2H3,(H,30,33). The number of hydrogen-bond donors (Lipinski definition) is 1. The van der Waals surface area contributed by atoms with Crippen molar-refractivity contribution < 1.29 is 14.0 Å². The van der Waals surface area contributed by atoms with E-state index in [0.29, 0.717) is 25.3 Å². The fraction of sp³-hybridized carbons (Fsp3) is 0.286. The van der Waals surface area contributed by atoms with Gasteiger partial charge in [0, 0.05) is 25.3 Å². The molecule has 0 heterocycles. The maximum absolute atomic E-state index is 13.5. The number of benzene rings is 3. The molecule has 3 rings (SSSR count). The number of nitrogens with one attached hydrogen (secondary N) is 1. The van der Waals surface area contributed by atoms with Gasteiger partial charge >= 0.3 is 0 Å². The van der Waals surface area contributed by atoms with Gasteiger partial charge in [-0.2, -0.15) is 0 Å². The Hall–Kier alpha value is -3.12. The molecule has 1 atom stereocenters. The number of thioether (sulfide) groups is 1. The van der Waals surface area contributed by atoms with Gasteiger partial charge in [-0.25, -0.2) is 4.39 Å². The third kappa shape index (κ3) is 7.73. The van der Waals surface area contributed by atoms with E-state index >= 15 is 0 Å². The SMILES string of the molecule is CCNC(=O)C(Cc1ccccc1)N(Cc1ccc(C)cc1)C(=O)CSCc1ccc(F)cc1. The van der Waals surface area contributed by atoms with E-state index in [0.717, 1.165) is 22.3 Å². The summed E-state index contributed by atoms with van der Waals surface area (Å²) in [6.45, 7) is 4.74. The van der Waals surface area contributed by atoms with Gasteiger partial charge in [0.25, 0.3) is 0 Å². The summed E-state index contributed by atoms with van der Waals surface area (Å²) in [4.78, 5) is 28.3. The molecule has 0 bridgehead atoms. The maximum Gasteiger partial charge on any atom is 0.243 e. The van der Waals surface area contributed by atoms with Gasteiger partial charge in [0.1, 0.15) is 11.9 Å². The third-order valence-corrected chi connectivity index (χ3v) is 6.49. The van der Waals surface area contributed by atoms with Crippen LogP contribution in [0.4, 0.5) is 4.39 Å². The summed E-state index contributed by atoms with van der Waals surface area (Å²) in [6, 6.07) is 23.5. The first kappa shape index (κ1) is 25.5. The third-order valence-electron chi connectivity index (χ3n) is 5.50. The van der Waals surface area contributed by atoms with Crippen molar-refractivity contribution >= 4 is 23.6 Å². The smallest absolute Gasteiger partial charge is 0.243 e. The number of rotatable bonds is 11. The molecule has 1 unspecified atom stereocenters. The first-order chi connectivity index (χ1) is 16.5. The van der Waals surface area contributed by atoms with E-state index in [1.807, 2.05) is 68.4 Å². The highest BCUT2D eigenvalue weighted by Gasteiger charge is 2.30. The number of aryl methyl sites for hydroxylation is 1. The summed E-state index contributed by atoms with van der Waals surface area (Å²) in [7, 11) is 0. The minimum atomic E-state index is -0.623. The summed E-state index contributed by atoms with van der Waals surface area (Å²) < 4.78 is 13.2. The number of amides is 2. The molecule has 0 spiro atoms. The number of likely N-dealkylation sites (N-methyl/N-ethyl adjacent to an activating group) is 1. The molecule has 4 nitrogen and oxygen atoms in total. The van der Waals surface area contributed by atoms with Crippen molar-refractivity contribution in [2.45, 2.75) is 38.6 Å². The summed E-state index contributed by atoms with van der Waals surface area (Å²) in [5, 5.41) is 2.91. The first-order valence-corrected chi connectivity index (χ1v) is 12.6. The Morgan fingerprint density at radius 3 is 2.21 bits per heavy atom. The van der Waals surface area contributed by atoms with Crippen molar-refractivity contribution in [2.24, 2.45) is 0 Å². The number of hydrogen-bond acceptors (Lipinski definition) is 3. The van der Waals surface area contributed by atoms with Crippen LogP contribution in [0.25, 0.3) is 0 Å². The van der Waals surface area contributed by atoms with Gasteiger partial charge in [-0.05, 0) is 42.7 Å². The van der Waals surface area contributed by atoms with Crippen molar-refractivity contribution in [2.75, 3.05) is 12.3 Å². The summed E-state index contributed by atoms with van der Waals surface area (Å²) in [5.74, 6) is 0.290. The molecule has 0 aromatic heterocycles. The van der Waals surface area contributed by atoms with Gasteiger partial charge in [0.2, 0.25) is 11.8 Å². The lowest BCUT2D eigenvalue weighted by Gasteiger charge is -2.31. The predicted octanol–water partition coefficient (Wildman–Crippen LogP) is 5.14. The molecule has 0 saturated heterocycles. The lowest BCUT2D eigenvalue weighted by Crippen LogP contribution is -2.51. The van der Waals surface area contributed by atoms with Gasteiger partial charge in [0.15, 0.2) is 0 Å². The Morgan fingerprint density at radius 2 is 1.56 bits per heavy atom. The molecule has 3 aromatic rings. The lowest BCUT2D eigenvalue weighted by molar-refractivity contribution is -0.139. The fourth-order valence-corrected chi connectivity index (χ4v) is 4.53. The first-order valence-electron chi connectivity index (χ1n) is 11.4. The molecule has 0 aliphatic rings. The molecule has 0 saturated carbocycles. The van der Waals surface area contributed by atoms with Gasteiger partial charge in [-0.3, -0.25) is 9.59 Å². The van der Waals surface area contributed by atoms with Gasteiger partial charge in [-0.1, -0.05) is 72.3 Å². The Balaban J connectivity index is 1.81. The van der Waals surface area contributed by atoms with Gasteiger partial charge in [0.05, 0.1) is 5.75 Å². The molecule has 0 radical (unpaired) electrons. The molecule has 2 amide bonds. The van der Waals surface area contributed by atoms with Crippen LogP contribution in [0.15, 0.2) is 78.9 Å². The number of halogens is 1.